The number of fused-ring (bicyclic) bond motifs is 1. The standard InChI is InChI=1S/C31H29N5O3/c1-21-28(29(38)17-23-7-6-15-35(16-14-23)22(2)37)20-36-31(21)30(24(18-32)19-33-36)34-25-10-12-27(13-11-25)39-26-8-4-3-5-9-26/h3-5,8-13,17,19-20,34H,6-7,14-16H2,1-2H3/b23-17-. The number of allylic oxidation sites excluding steroid dienone is 1. The monoisotopic (exact) mass is 519 g/mol. The molecule has 8 heteroatoms. The number of hydrogen-bond acceptors (Lipinski definition) is 6. The third kappa shape index (κ3) is 5.68. The summed E-state index contributed by atoms with van der Waals surface area (Å²) < 4.78 is 7.52. The second kappa shape index (κ2) is 11.2. The van der Waals surface area contributed by atoms with E-state index in [1.165, 1.54) is 6.20 Å². The summed E-state index contributed by atoms with van der Waals surface area (Å²) >= 11 is 0. The molecule has 1 aliphatic heterocycles. The summed E-state index contributed by atoms with van der Waals surface area (Å²) in [4.78, 5) is 26.9. The van der Waals surface area contributed by atoms with Crippen LogP contribution in [-0.2, 0) is 4.79 Å². The third-order valence-electron chi connectivity index (χ3n) is 6.95. The van der Waals surface area contributed by atoms with E-state index in [-0.39, 0.29) is 11.7 Å². The molecule has 1 amide bonds. The molecule has 8 nitrogen and oxygen atoms in total. The van der Waals surface area contributed by atoms with Gasteiger partial charge in [-0.15, -0.1) is 0 Å². The Morgan fingerprint density at radius 1 is 1.05 bits per heavy atom. The summed E-state index contributed by atoms with van der Waals surface area (Å²) in [6.45, 7) is 4.79. The summed E-state index contributed by atoms with van der Waals surface area (Å²) in [6, 6.07) is 19.2. The molecule has 0 unspecified atom stereocenters. The first-order valence-corrected chi connectivity index (χ1v) is 12.9. The molecule has 2 aromatic heterocycles. The smallest absolute Gasteiger partial charge is 0.219 e. The highest BCUT2D eigenvalue weighted by molar-refractivity contribution is 6.08. The number of carbonyl (C=O) groups excluding carboxylic acids is 2. The second-order valence-corrected chi connectivity index (χ2v) is 9.60. The van der Waals surface area contributed by atoms with E-state index in [1.54, 1.807) is 23.7 Å². The average Bonchev–Trinajstić information content (AvgIpc) is 3.11. The van der Waals surface area contributed by atoms with E-state index in [2.05, 4.69) is 16.5 Å². The van der Waals surface area contributed by atoms with Crippen molar-refractivity contribution in [3.63, 3.8) is 0 Å². The molecule has 2 aromatic carbocycles. The van der Waals surface area contributed by atoms with E-state index < -0.39 is 0 Å². The Morgan fingerprint density at radius 3 is 2.51 bits per heavy atom. The summed E-state index contributed by atoms with van der Waals surface area (Å²) in [5, 5.41) is 17.6. The molecular formula is C31H29N5O3. The molecule has 1 N–H and O–H groups in total. The number of aromatic nitrogens is 2. The minimum Gasteiger partial charge on any atom is -0.457 e. The van der Waals surface area contributed by atoms with Crippen LogP contribution in [0.25, 0.3) is 5.52 Å². The molecule has 0 aliphatic carbocycles. The lowest BCUT2D eigenvalue weighted by Crippen LogP contribution is -2.29. The first-order valence-electron chi connectivity index (χ1n) is 12.9. The molecule has 0 saturated carbocycles. The van der Waals surface area contributed by atoms with Crippen LogP contribution in [0.4, 0.5) is 11.4 Å². The van der Waals surface area contributed by atoms with Crippen molar-refractivity contribution in [2.24, 2.45) is 0 Å². The van der Waals surface area contributed by atoms with Gasteiger partial charge in [-0.25, -0.2) is 4.52 Å². The van der Waals surface area contributed by atoms with Crippen LogP contribution < -0.4 is 10.1 Å². The number of amides is 1. The predicted molar refractivity (Wildman–Crippen MR) is 149 cm³/mol. The van der Waals surface area contributed by atoms with Gasteiger partial charge in [0.1, 0.15) is 17.6 Å². The molecule has 1 aliphatic rings. The molecule has 0 radical (unpaired) electrons. The van der Waals surface area contributed by atoms with Crippen LogP contribution in [0.5, 0.6) is 11.5 Å². The van der Waals surface area contributed by atoms with Crippen LogP contribution >= 0.6 is 0 Å². The van der Waals surface area contributed by atoms with Crippen LogP contribution in [0.3, 0.4) is 0 Å². The number of anilines is 2. The van der Waals surface area contributed by atoms with Crippen molar-refractivity contribution >= 4 is 28.6 Å². The molecule has 5 rings (SSSR count). The Balaban J connectivity index is 1.41. The van der Waals surface area contributed by atoms with E-state index >= 15 is 0 Å². The van der Waals surface area contributed by atoms with Crippen molar-refractivity contribution in [3.8, 4) is 17.6 Å². The number of aryl methyl sites for hydroxylation is 1. The minimum absolute atomic E-state index is 0.0647. The highest BCUT2D eigenvalue weighted by atomic mass is 16.5. The van der Waals surface area contributed by atoms with Gasteiger partial charge < -0.3 is 15.0 Å². The van der Waals surface area contributed by atoms with Gasteiger partial charge in [0.25, 0.3) is 0 Å². The highest BCUT2D eigenvalue weighted by Crippen LogP contribution is 2.32. The van der Waals surface area contributed by atoms with Crippen LogP contribution in [0, 0.1) is 18.3 Å². The lowest BCUT2D eigenvalue weighted by atomic mass is 10.0. The van der Waals surface area contributed by atoms with Gasteiger partial charge in [-0.1, -0.05) is 23.8 Å². The van der Waals surface area contributed by atoms with E-state index in [1.807, 2.05) is 66.4 Å². The third-order valence-corrected chi connectivity index (χ3v) is 6.95. The van der Waals surface area contributed by atoms with Gasteiger partial charge in [-0.2, -0.15) is 10.4 Å². The fourth-order valence-electron chi connectivity index (χ4n) is 4.86. The number of carbonyl (C=O) groups is 2. The van der Waals surface area contributed by atoms with Crippen LogP contribution in [0.2, 0.25) is 0 Å². The van der Waals surface area contributed by atoms with E-state index in [9.17, 15) is 14.9 Å². The maximum Gasteiger partial charge on any atom is 0.219 e. The Kier molecular flexibility index (Phi) is 7.41. The Bertz CT molecular complexity index is 1600. The van der Waals surface area contributed by atoms with Gasteiger partial charge in [0.05, 0.1) is 23.0 Å². The Labute approximate surface area is 227 Å². The zero-order valence-electron chi connectivity index (χ0n) is 22.0. The molecule has 39 heavy (non-hydrogen) atoms. The number of likely N-dealkylation sites (tertiary alicyclic amines) is 1. The molecule has 3 heterocycles. The van der Waals surface area contributed by atoms with Crippen LogP contribution in [0.15, 0.2) is 78.6 Å². The van der Waals surface area contributed by atoms with Gasteiger partial charge in [0, 0.05) is 37.5 Å². The summed E-state index contributed by atoms with van der Waals surface area (Å²) in [7, 11) is 0. The lowest BCUT2D eigenvalue weighted by Gasteiger charge is -2.17. The van der Waals surface area contributed by atoms with E-state index in [4.69, 9.17) is 4.74 Å². The fraction of sp³-hybridized carbons (Fsp3) is 0.226. The lowest BCUT2D eigenvalue weighted by molar-refractivity contribution is -0.128. The van der Waals surface area contributed by atoms with Crippen molar-refractivity contribution in [2.75, 3.05) is 18.4 Å². The quantitative estimate of drug-likeness (QED) is 0.241. The zero-order chi connectivity index (χ0) is 27.4. The first kappa shape index (κ1) is 25.7. The van der Waals surface area contributed by atoms with Crippen molar-refractivity contribution in [1.82, 2.24) is 14.5 Å². The number of nitriles is 1. The van der Waals surface area contributed by atoms with Crippen molar-refractivity contribution < 1.29 is 14.3 Å². The molecule has 4 aromatic rings. The van der Waals surface area contributed by atoms with Crippen molar-refractivity contribution in [2.45, 2.75) is 33.1 Å². The number of para-hydroxylation sites is 1. The molecule has 0 spiro atoms. The average molecular weight is 520 g/mol. The number of nitrogens with one attached hydrogen (secondary N) is 1. The van der Waals surface area contributed by atoms with Gasteiger partial charge >= 0.3 is 0 Å². The predicted octanol–water partition coefficient (Wildman–Crippen LogP) is 6.19. The SMILES string of the molecule is CC(=O)N1CCC/C(=C/C(=O)c2cn3ncc(C#N)c(Nc4ccc(Oc5ccccc5)cc4)c3c2C)CC1. The number of rotatable bonds is 6. The fourth-order valence-corrected chi connectivity index (χ4v) is 4.86. The molecule has 0 atom stereocenters. The molecule has 196 valence electrons. The summed E-state index contributed by atoms with van der Waals surface area (Å²) in [5.41, 5.74) is 4.71. The maximum atomic E-state index is 13.3. The van der Waals surface area contributed by atoms with Gasteiger partial charge in [-0.3, -0.25) is 9.59 Å². The number of benzene rings is 2. The zero-order valence-corrected chi connectivity index (χ0v) is 22.0. The number of ether oxygens (including phenoxy) is 1. The van der Waals surface area contributed by atoms with Crippen molar-refractivity contribution in [1.29, 1.82) is 5.26 Å². The minimum atomic E-state index is -0.101. The van der Waals surface area contributed by atoms with Gasteiger partial charge in [0.2, 0.25) is 5.91 Å². The van der Waals surface area contributed by atoms with E-state index in [0.29, 0.717) is 47.6 Å². The van der Waals surface area contributed by atoms with Gasteiger partial charge in [0.15, 0.2) is 5.78 Å². The van der Waals surface area contributed by atoms with Gasteiger partial charge in [-0.05, 0) is 74.2 Å². The topological polar surface area (TPSA) is 99.7 Å². The molecule has 1 saturated heterocycles. The molecular weight excluding hydrogens is 490 g/mol. The Morgan fingerprint density at radius 2 is 1.79 bits per heavy atom. The molecule has 0 bridgehead atoms. The largest absolute Gasteiger partial charge is 0.457 e. The second-order valence-electron chi connectivity index (χ2n) is 9.60. The Hall–Kier alpha value is -4.90. The molecule has 1 fully saturated rings. The highest BCUT2D eigenvalue weighted by Gasteiger charge is 2.20. The summed E-state index contributed by atoms with van der Waals surface area (Å²) in [6.07, 6.45) is 7.23. The maximum absolute atomic E-state index is 13.3. The van der Waals surface area contributed by atoms with E-state index in [0.717, 1.165) is 35.4 Å². The normalized spacial score (nSPS) is 14.6. The number of nitrogens with zero attached hydrogens (tertiary/aromatic N) is 4. The van der Waals surface area contributed by atoms with Crippen molar-refractivity contribution in [3.05, 3.63) is 95.3 Å². The number of ketones is 1. The first-order chi connectivity index (χ1) is 18.9. The number of hydrogen-bond donors (Lipinski definition) is 1. The van der Waals surface area contributed by atoms with Crippen LogP contribution in [-0.4, -0.2) is 39.3 Å². The summed E-state index contributed by atoms with van der Waals surface area (Å²) in [5.74, 6) is 1.40. The van der Waals surface area contributed by atoms with Crippen LogP contribution in [0.1, 0.15) is 47.7 Å².